The molecule has 1 unspecified atom stereocenters. The molecule has 1 aromatic carbocycles. The molecule has 0 bridgehead atoms. The van der Waals surface area contributed by atoms with Crippen LogP contribution in [-0.4, -0.2) is 36.8 Å². The van der Waals surface area contributed by atoms with Crippen molar-refractivity contribution in [1.82, 2.24) is 4.31 Å². The highest BCUT2D eigenvalue weighted by Gasteiger charge is 2.30. The Kier molecular flexibility index (Phi) is 3.95. The third-order valence-corrected chi connectivity index (χ3v) is 5.89. The van der Waals surface area contributed by atoms with Crippen LogP contribution in [0.1, 0.15) is 12.5 Å². The van der Waals surface area contributed by atoms with Gasteiger partial charge in [-0.25, -0.2) is 8.42 Å². The molecular formula is C12H14N2O2S2. The topological polar surface area (TPSA) is 61.2 Å². The first-order chi connectivity index (χ1) is 8.55. The zero-order valence-electron chi connectivity index (χ0n) is 10.0. The minimum atomic E-state index is -3.54. The summed E-state index contributed by atoms with van der Waals surface area (Å²) in [5.41, 5.74) is 0.211. The number of rotatable bonds is 2. The van der Waals surface area contributed by atoms with E-state index in [1.165, 1.54) is 16.4 Å². The number of nitriles is 1. The number of thioether (sulfide) groups is 1. The Morgan fingerprint density at radius 2 is 2.17 bits per heavy atom. The Bertz CT molecular complexity index is 578. The van der Waals surface area contributed by atoms with E-state index in [0.717, 1.165) is 5.75 Å². The summed E-state index contributed by atoms with van der Waals surface area (Å²) in [6, 6.07) is 8.30. The molecule has 1 atom stereocenters. The Labute approximate surface area is 112 Å². The molecule has 0 amide bonds. The maximum atomic E-state index is 12.5. The Morgan fingerprint density at radius 3 is 2.83 bits per heavy atom. The molecule has 1 aromatic rings. The van der Waals surface area contributed by atoms with Crippen LogP contribution in [0, 0.1) is 11.3 Å². The van der Waals surface area contributed by atoms with Gasteiger partial charge in [-0.2, -0.15) is 21.3 Å². The SMILES string of the molecule is CC1CN(S(=O)(=O)c2ccccc2C#N)CCS1. The zero-order chi connectivity index (χ0) is 13.2. The van der Waals surface area contributed by atoms with Crippen molar-refractivity contribution in [2.75, 3.05) is 18.8 Å². The van der Waals surface area contributed by atoms with Crippen LogP contribution < -0.4 is 0 Å². The van der Waals surface area contributed by atoms with E-state index < -0.39 is 10.0 Å². The van der Waals surface area contributed by atoms with E-state index >= 15 is 0 Å². The first-order valence-electron chi connectivity index (χ1n) is 5.66. The fraction of sp³-hybridized carbons (Fsp3) is 0.417. The van der Waals surface area contributed by atoms with Gasteiger partial charge in [-0.3, -0.25) is 0 Å². The van der Waals surface area contributed by atoms with Crippen LogP contribution in [0.4, 0.5) is 0 Å². The number of hydrogen-bond donors (Lipinski definition) is 0. The van der Waals surface area contributed by atoms with Crippen molar-refractivity contribution in [1.29, 1.82) is 5.26 Å². The van der Waals surface area contributed by atoms with Gasteiger partial charge in [-0.1, -0.05) is 19.1 Å². The molecule has 0 aromatic heterocycles. The quantitative estimate of drug-likeness (QED) is 0.828. The van der Waals surface area contributed by atoms with Gasteiger partial charge in [0.05, 0.1) is 10.5 Å². The van der Waals surface area contributed by atoms with Crippen LogP contribution >= 0.6 is 11.8 Å². The molecule has 0 radical (unpaired) electrons. The molecule has 1 fully saturated rings. The second kappa shape index (κ2) is 5.31. The summed E-state index contributed by atoms with van der Waals surface area (Å²) < 4.78 is 26.4. The van der Waals surface area contributed by atoms with Gasteiger partial charge >= 0.3 is 0 Å². The van der Waals surface area contributed by atoms with Gasteiger partial charge in [0, 0.05) is 24.1 Å². The normalized spacial score (nSPS) is 21.4. The predicted molar refractivity (Wildman–Crippen MR) is 71.8 cm³/mol. The van der Waals surface area contributed by atoms with Crippen molar-refractivity contribution >= 4 is 21.8 Å². The van der Waals surface area contributed by atoms with Crippen molar-refractivity contribution in [3.05, 3.63) is 29.8 Å². The molecule has 6 heteroatoms. The molecule has 0 aliphatic carbocycles. The largest absolute Gasteiger partial charge is 0.244 e. The Hall–Kier alpha value is -1.03. The molecular weight excluding hydrogens is 268 g/mol. The third kappa shape index (κ3) is 2.53. The van der Waals surface area contributed by atoms with E-state index in [1.807, 2.05) is 13.0 Å². The minimum Gasteiger partial charge on any atom is -0.207 e. The van der Waals surface area contributed by atoms with Gasteiger partial charge in [0.15, 0.2) is 0 Å². The monoisotopic (exact) mass is 282 g/mol. The van der Waals surface area contributed by atoms with E-state index in [9.17, 15) is 8.42 Å². The standard InChI is InChI=1S/C12H14N2O2S2/c1-10-9-14(6-7-17-10)18(15,16)12-5-3-2-4-11(12)8-13/h2-5,10H,6-7,9H2,1H3. The summed E-state index contributed by atoms with van der Waals surface area (Å²) in [4.78, 5) is 0.117. The first-order valence-corrected chi connectivity index (χ1v) is 8.15. The molecule has 0 spiro atoms. The summed E-state index contributed by atoms with van der Waals surface area (Å²) in [5.74, 6) is 0.801. The lowest BCUT2D eigenvalue weighted by atomic mass is 10.2. The van der Waals surface area contributed by atoms with Gasteiger partial charge in [0.1, 0.15) is 6.07 Å². The number of nitrogens with zero attached hydrogens (tertiary/aromatic N) is 2. The molecule has 1 saturated heterocycles. The van der Waals surface area contributed by atoms with Gasteiger partial charge in [0.2, 0.25) is 10.0 Å². The summed E-state index contributed by atoms with van der Waals surface area (Å²) in [6.07, 6.45) is 0. The van der Waals surface area contributed by atoms with Crippen LogP contribution in [0.25, 0.3) is 0 Å². The van der Waals surface area contributed by atoms with Crippen molar-refractivity contribution in [2.45, 2.75) is 17.1 Å². The third-order valence-electron chi connectivity index (χ3n) is 2.83. The summed E-state index contributed by atoms with van der Waals surface area (Å²) >= 11 is 1.77. The molecule has 2 rings (SSSR count). The molecule has 1 aliphatic heterocycles. The van der Waals surface area contributed by atoms with Crippen LogP contribution in [0.5, 0.6) is 0 Å². The van der Waals surface area contributed by atoms with E-state index in [2.05, 4.69) is 0 Å². The second-order valence-electron chi connectivity index (χ2n) is 4.15. The number of benzene rings is 1. The van der Waals surface area contributed by atoms with Gasteiger partial charge in [-0.15, -0.1) is 0 Å². The van der Waals surface area contributed by atoms with Crippen LogP contribution in [-0.2, 0) is 10.0 Å². The summed E-state index contributed by atoms with van der Waals surface area (Å²) in [6.45, 7) is 3.03. The highest BCUT2D eigenvalue weighted by Crippen LogP contribution is 2.25. The fourth-order valence-electron chi connectivity index (χ4n) is 1.93. The highest BCUT2D eigenvalue weighted by atomic mass is 32.2. The molecule has 1 aliphatic rings. The molecule has 0 N–H and O–H groups in total. The van der Waals surface area contributed by atoms with E-state index in [1.54, 1.807) is 23.9 Å². The van der Waals surface area contributed by atoms with Gasteiger partial charge in [-0.05, 0) is 12.1 Å². The number of hydrogen-bond acceptors (Lipinski definition) is 4. The summed E-state index contributed by atoms with van der Waals surface area (Å²) in [5, 5.41) is 9.29. The van der Waals surface area contributed by atoms with E-state index in [0.29, 0.717) is 18.3 Å². The van der Waals surface area contributed by atoms with E-state index in [4.69, 9.17) is 5.26 Å². The van der Waals surface area contributed by atoms with Crippen molar-refractivity contribution in [2.24, 2.45) is 0 Å². The lowest BCUT2D eigenvalue weighted by Crippen LogP contribution is -2.41. The zero-order valence-corrected chi connectivity index (χ0v) is 11.7. The van der Waals surface area contributed by atoms with E-state index in [-0.39, 0.29) is 10.5 Å². The second-order valence-corrected chi connectivity index (χ2v) is 7.61. The minimum absolute atomic E-state index is 0.117. The Morgan fingerprint density at radius 1 is 1.44 bits per heavy atom. The molecule has 0 saturated carbocycles. The van der Waals surface area contributed by atoms with Gasteiger partial charge in [0.25, 0.3) is 0 Å². The molecule has 96 valence electrons. The summed E-state index contributed by atoms with van der Waals surface area (Å²) in [7, 11) is -3.54. The fourth-order valence-corrected chi connectivity index (χ4v) is 4.82. The first kappa shape index (κ1) is 13.4. The average Bonchev–Trinajstić information content (AvgIpc) is 2.38. The van der Waals surface area contributed by atoms with Crippen LogP contribution in [0.15, 0.2) is 29.2 Å². The molecule has 1 heterocycles. The smallest absolute Gasteiger partial charge is 0.207 e. The van der Waals surface area contributed by atoms with Crippen molar-refractivity contribution in [3.63, 3.8) is 0 Å². The molecule has 4 nitrogen and oxygen atoms in total. The predicted octanol–water partition coefficient (Wildman–Crippen LogP) is 1.68. The Balaban J connectivity index is 2.39. The van der Waals surface area contributed by atoms with Gasteiger partial charge < -0.3 is 0 Å². The lowest BCUT2D eigenvalue weighted by Gasteiger charge is -2.29. The number of sulfonamides is 1. The maximum Gasteiger partial charge on any atom is 0.244 e. The van der Waals surface area contributed by atoms with Crippen LogP contribution in [0.3, 0.4) is 0 Å². The maximum absolute atomic E-state index is 12.5. The van der Waals surface area contributed by atoms with Crippen molar-refractivity contribution < 1.29 is 8.42 Å². The van der Waals surface area contributed by atoms with Crippen molar-refractivity contribution in [3.8, 4) is 6.07 Å². The highest BCUT2D eigenvalue weighted by molar-refractivity contribution is 8.00. The molecule has 18 heavy (non-hydrogen) atoms. The van der Waals surface area contributed by atoms with Crippen LogP contribution in [0.2, 0.25) is 0 Å². The lowest BCUT2D eigenvalue weighted by molar-refractivity contribution is 0.424. The average molecular weight is 282 g/mol.